The zero-order valence-corrected chi connectivity index (χ0v) is 12.1. The molecule has 1 fully saturated rings. The summed E-state index contributed by atoms with van der Waals surface area (Å²) in [6.07, 6.45) is -3.85. The quantitative estimate of drug-likeness (QED) is 0.502. The molecule has 9 heteroatoms. The molecule has 0 saturated carbocycles. The van der Waals surface area contributed by atoms with Crippen LogP contribution in [-0.4, -0.2) is 46.4 Å². The number of likely N-dealkylation sites (tertiary alicyclic amines) is 1. The SMILES string of the molecule is O=C(NO)C1CCN1C(=O)c1cccc(SCC(F)(F)F)c1. The Morgan fingerprint density at radius 1 is 1.41 bits per heavy atom. The summed E-state index contributed by atoms with van der Waals surface area (Å²) in [4.78, 5) is 25.2. The lowest BCUT2D eigenvalue weighted by molar-refractivity contribution is -0.137. The van der Waals surface area contributed by atoms with Gasteiger partial charge in [0.05, 0.1) is 5.75 Å². The van der Waals surface area contributed by atoms with E-state index in [1.54, 1.807) is 0 Å². The molecule has 1 aliphatic heterocycles. The van der Waals surface area contributed by atoms with Crippen molar-refractivity contribution in [1.29, 1.82) is 0 Å². The second kappa shape index (κ2) is 6.57. The molecule has 1 saturated heterocycles. The predicted molar refractivity (Wildman–Crippen MR) is 72.6 cm³/mol. The minimum atomic E-state index is -4.29. The lowest BCUT2D eigenvalue weighted by Crippen LogP contribution is -2.57. The Kier molecular flexibility index (Phi) is 4.97. The van der Waals surface area contributed by atoms with E-state index in [2.05, 4.69) is 0 Å². The summed E-state index contributed by atoms with van der Waals surface area (Å²) in [5, 5.41) is 8.58. The van der Waals surface area contributed by atoms with Crippen molar-refractivity contribution in [3.63, 3.8) is 0 Å². The summed E-state index contributed by atoms with van der Waals surface area (Å²) >= 11 is 0.593. The van der Waals surface area contributed by atoms with Crippen molar-refractivity contribution in [3.8, 4) is 0 Å². The van der Waals surface area contributed by atoms with Crippen LogP contribution in [0.25, 0.3) is 0 Å². The number of carbonyl (C=O) groups is 2. The number of nitrogens with one attached hydrogen (secondary N) is 1. The molecule has 5 nitrogen and oxygen atoms in total. The summed E-state index contributed by atoms with van der Waals surface area (Å²) in [6.45, 7) is 0.358. The summed E-state index contributed by atoms with van der Waals surface area (Å²) in [7, 11) is 0. The second-order valence-electron chi connectivity index (χ2n) is 4.71. The van der Waals surface area contributed by atoms with Crippen LogP contribution in [0.15, 0.2) is 29.2 Å². The van der Waals surface area contributed by atoms with Gasteiger partial charge < -0.3 is 4.90 Å². The molecule has 0 aromatic heterocycles. The van der Waals surface area contributed by atoms with Crippen LogP contribution in [0, 0.1) is 0 Å². The number of hydrogen-bond donors (Lipinski definition) is 2. The van der Waals surface area contributed by atoms with E-state index in [1.165, 1.54) is 34.6 Å². The molecule has 1 aromatic rings. The first-order valence-electron chi connectivity index (χ1n) is 6.36. The molecule has 22 heavy (non-hydrogen) atoms. The van der Waals surface area contributed by atoms with Crippen LogP contribution >= 0.6 is 11.8 Å². The van der Waals surface area contributed by atoms with Crippen molar-refractivity contribution in [2.45, 2.75) is 23.5 Å². The van der Waals surface area contributed by atoms with Gasteiger partial charge in [-0.1, -0.05) is 6.07 Å². The molecule has 0 radical (unpaired) electrons. The number of alkyl halides is 3. The first-order chi connectivity index (χ1) is 10.3. The van der Waals surface area contributed by atoms with Gasteiger partial charge in [0.15, 0.2) is 0 Å². The topological polar surface area (TPSA) is 69.6 Å². The lowest BCUT2D eigenvalue weighted by Gasteiger charge is -2.39. The molecule has 2 N–H and O–H groups in total. The van der Waals surface area contributed by atoms with E-state index in [-0.39, 0.29) is 5.56 Å². The third-order valence-electron chi connectivity index (χ3n) is 3.18. The van der Waals surface area contributed by atoms with E-state index in [0.29, 0.717) is 29.6 Å². The summed E-state index contributed by atoms with van der Waals surface area (Å²) < 4.78 is 36.6. The summed E-state index contributed by atoms with van der Waals surface area (Å²) in [6, 6.07) is 5.08. The number of carbonyl (C=O) groups excluding carboxylic acids is 2. The van der Waals surface area contributed by atoms with Gasteiger partial charge in [-0.15, -0.1) is 11.8 Å². The van der Waals surface area contributed by atoms with Gasteiger partial charge in [-0.25, -0.2) is 5.48 Å². The maximum Gasteiger partial charge on any atom is 0.398 e. The largest absolute Gasteiger partial charge is 0.398 e. The van der Waals surface area contributed by atoms with E-state index in [4.69, 9.17) is 5.21 Å². The van der Waals surface area contributed by atoms with Crippen molar-refractivity contribution < 1.29 is 28.0 Å². The van der Waals surface area contributed by atoms with Gasteiger partial charge in [0.2, 0.25) is 0 Å². The fourth-order valence-corrected chi connectivity index (χ4v) is 2.74. The number of rotatable bonds is 4. The third kappa shape index (κ3) is 3.92. The molecule has 0 aliphatic carbocycles. The maximum absolute atomic E-state index is 12.2. The minimum absolute atomic E-state index is 0.211. The molecule has 2 rings (SSSR count). The van der Waals surface area contributed by atoms with Crippen LogP contribution in [0.4, 0.5) is 13.2 Å². The zero-order valence-electron chi connectivity index (χ0n) is 11.3. The Balaban J connectivity index is 2.06. The fraction of sp³-hybridized carbons (Fsp3) is 0.385. The van der Waals surface area contributed by atoms with Crippen LogP contribution in [0.5, 0.6) is 0 Å². The van der Waals surface area contributed by atoms with Gasteiger partial charge in [0, 0.05) is 17.0 Å². The standard InChI is InChI=1S/C13H13F3N2O3S/c14-13(15,16)7-22-9-3-1-2-8(6-9)12(20)18-5-4-10(18)11(19)17-21/h1-3,6,10,21H,4-5,7H2,(H,17,19). The lowest BCUT2D eigenvalue weighted by atomic mass is 10.0. The average molecular weight is 334 g/mol. The number of benzene rings is 1. The Hall–Kier alpha value is -1.74. The molecule has 1 heterocycles. The Bertz CT molecular complexity index is 580. The molecular weight excluding hydrogens is 321 g/mol. The van der Waals surface area contributed by atoms with Crippen molar-refractivity contribution in [2.75, 3.05) is 12.3 Å². The van der Waals surface area contributed by atoms with Crippen LogP contribution in [0.2, 0.25) is 0 Å². The molecule has 2 amide bonds. The molecule has 1 aliphatic rings. The minimum Gasteiger partial charge on any atom is -0.326 e. The number of hydrogen-bond acceptors (Lipinski definition) is 4. The monoisotopic (exact) mass is 334 g/mol. The highest BCUT2D eigenvalue weighted by Gasteiger charge is 2.38. The average Bonchev–Trinajstić information content (AvgIpc) is 2.43. The Labute approximate surface area is 128 Å². The normalized spacial score (nSPS) is 17.8. The molecule has 0 bridgehead atoms. The molecule has 1 unspecified atom stereocenters. The first-order valence-corrected chi connectivity index (χ1v) is 7.35. The smallest absolute Gasteiger partial charge is 0.326 e. The second-order valence-corrected chi connectivity index (χ2v) is 5.76. The van der Waals surface area contributed by atoms with Crippen molar-refractivity contribution >= 4 is 23.6 Å². The maximum atomic E-state index is 12.2. The Morgan fingerprint density at radius 2 is 2.14 bits per heavy atom. The molecule has 0 spiro atoms. The molecule has 120 valence electrons. The van der Waals surface area contributed by atoms with Crippen LogP contribution < -0.4 is 5.48 Å². The molecule has 1 atom stereocenters. The van der Waals surface area contributed by atoms with Gasteiger partial charge in [0.1, 0.15) is 6.04 Å². The predicted octanol–water partition coefficient (Wildman–Crippen LogP) is 2.06. The van der Waals surface area contributed by atoms with Crippen molar-refractivity contribution in [1.82, 2.24) is 10.4 Å². The van der Waals surface area contributed by atoms with E-state index < -0.39 is 29.8 Å². The van der Waals surface area contributed by atoms with Crippen LogP contribution in [-0.2, 0) is 4.79 Å². The van der Waals surface area contributed by atoms with Gasteiger partial charge >= 0.3 is 6.18 Å². The van der Waals surface area contributed by atoms with Gasteiger partial charge in [0.25, 0.3) is 11.8 Å². The summed E-state index contributed by atoms with van der Waals surface area (Å²) in [5.41, 5.74) is 1.70. The highest BCUT2D eigenvalue weighted by Crippen LogP contribution is 2.28. The zero-order chi connectivity index (χ0) is 16.3. The van der Waals surface area contributed by atoms with E-state index in [0.717, 1.165) is 0 Å². The number of hydroxylamine groups is 1. The van der Waals surface area contributed by atoms with Crippen molar-refractivity contribution in [3.05, 3.63) is 29.8 Å². The number of amides is 2. The molecule has 1 aromatic carbocycles. The summed E-state index contributed by atoms with van der Waals surface area (Å²) in [5.74, 6) is -2.17. The number of halogens is 3. The number of nitrogens with zero attached hydrogens (tertiary/aromatic N) is 1. The highest BCUT2D eigenvalue weighted by atomic mass is 32.2. The third-order valence-corrected chi connectivity index (χ3v) is 4.24. The Morgan fingerprint density at radius 3 is 2.68 bits per heavy atom. The van der Waals surface area contributed by atoms with Crippen LogP contribution in [0.1, 0.15) is 16.8 Å². The van der Waals surface area contributed by atoms with E-state index in [9.17, 15) is 22.8 Å². The van der Waals surface area contributed by atoms with Gasteiger partial charge in [-0.2, -0.15) is 13.2 Å². The van der Waals surface area contributed by atoms with Gasteiger partial charge in [-0.05, 0) is 24.6 Å². The van der Waals surface area contributed by atoms with E-state index >= 15 is 0 Å². The fourth-order valence-electron chi connectivity index (χ4n) is 2.03. The van der Waals surface area contributed by atoms with E-state index in [1.807, 2.05) is 0 Å². The molecular formula is C13H13F3N2O3S. The van der Waals surface area contributed by atoms with Crippen molar-refractivity contribution in [2.24, 2.45) is 0 Å². The number of thioether (sulfide) groups is 1. The van der Waals surface area contributed by atoms with Crippen LogP contribution in [0.3, 0.4) is 0 Å². The highest BCUT2D eigenvalue weighted by molar-refractivity contribution is 7.99. The first kappa shape index (κ1) is 16.6. The van der Waals surface area contributed by atoms with Gasteiger partial charge in [-0.3, -0.25) is 14.8 Å².